The molecule has 0 saturated carbocycles. The number of hydrogen-bond acceptors (Lipinski definition) is 1. The average Bonchev–Trinajstić information content (AvgIpc) is 2.36. The Morgan fingerprint density at radius 1 is 1.00 bits per heavy atom. The summed E-state index contributed by atoms with van der Waals surface area (Å²) < 4.78 is 0. The third kappa shape index (κ3) is 3.21. The van der Waals surface area contributed by atoms with Gasteiger partial charge in [-0.15, -0.1) is 0 Å². The number of rotatable bonds is 2. The van der Waals surface area contributed by atoms with Gasteiger partial charge in [-0.3, -0.25) is 4.79 Å². The van der Waals surface area contributed by atoms with Crippen molar-refractivity contribution in [2.45, 2.75) is 6.92 Å². The normalized spacial score (nSPS) is 10.3. The van der Waals surface area contributed by atoms with Gasteiger partial charge in [-0.05, 0) is 36.8 Å². The lowest BCUT2D eigenvalue weighted by molar-refractivity contribution is 0.102. The molecule has 19 heavy (non-hydrogen) atoms. The summed E-state index contributed by atoms with van der Waals surface area (Å²) in [7, 11) is 0. The Balaban J connectivity index is 2.30. The Morgan fingerprint density at radius 2 is 1.63 bits per heavy atom. The summed E-state index contributed by atoms with van der Waals surface area (Å²) in [6.07, 6.45) is 0. The van der Waals surface area contributed by atoms with Crippen molar-refractivity contribution < 1.29 is 4.79 Å². The van der Waals surface area contributed by atoms with E-state index in [1.165, 1.54) is 0 Å². The molecule has 0 heterocycles. The minimum atomic E-state index is -0.285. The maximum atomic E-state index is 12.1. The van der Waals surface area contributed by atoms with Gasteiger partial charge >= 0.3 is 0 Å². The fraction of sp³-hybridized carbons (Fsp3) is 0.0714. The zero-order valence-electron chi connectivity index (χ0n) is 10.0. The molecule has 0 spiro atoms. The molecule has 0 atom stereocenters. The summed E-state index contributed by atoms with van der Waals surface area (Å²) in [4.78, 5) is 12.1. The van der Waals surface area contributed by atoms with Crippen molar-refractivity contribution in [2.75, 3.05) is 5.32 Å². The fourth-order valence-corrected chi connectivity index (χ4v) is 2.22. The fourth-order valence-electron chi connectivity index (χ4n) is 1.62. The maximum absolute atomic E-state index is 12.1. The van der Waals surface area contributed by atoms with E-state index in [1.54, 1.807) is 36.4 Å². The van der Waals surface area contributed by atoms with Crippen LogP contribution in [0.15, 0.2) is 36.4 Å². The van der Waals surface area contributed by atoms with E-state index >= 15 is 0 Å². The number of nitrogens with one attached hydrogen (secondary N) is 1. The standard InChI is InChI=1S/C14H10Cl3NO/c1-8-6-11(16)12(17)7-13(8)18-14(19)9-4-2-3-5-10(9)15/h2-7H,1H3,(H,18,19). The molecule has 0 aliphatic carbocycles. The molecule has 1 amide bonds. The molecule has 2 rings (SSSR count). The van der Waals surface area contributed by atoms with E-state index in [2.05, 4.69) is 5.32 Å². The summed E-state index contributed by atoms with van der Waals surface area (Å²) >= 11 is 17.8. The van der Waals surface area contributed by atoms with Crippen LogP contribution < -0.4 is 5.32 Å². The van der Waals surface area contributed by atoms with Crippen LogP contribution in [0, 0.1) is 6.92 Å². The van der Waals surface area contributed by atoms with Gasteiger partial charge in [-0.25, -0.2) is 0 Å². The number of hydrogen-bond donors (Lipinski definition) is 1. The van der Waals surface area contributed by atoms with Gasteiger partial charge in [0, 0.05) is 5.69 Å². The second-order valence-electron chi connectivity index (χ2n) is 4.02. The van der Waals surface area contributed by atoms with Gasteiger partial charge in [0.05, 0.1) is 20.6 Å². The topological polar surface area (TPSA) is 29.1 Å². The first-order chi connectivity index (χ1) is 8.99. The van der Waals surface area contributed by atoms with E-state index in [0.717, 1.165) is 5.56 Å². The molecule has 0 saturated heterocycles. The lowest BCUT2D eigenvalue weighted by Crippen LogP contribution is -2.13. The molecule has 0 fully saturated rings. The Bertz CT molecular complexity index is 641. The van der Waals surface area contributed by atoms with Crippen molar-refractivity contribution in [1.82, 2.24) is 0 Å². The highest BCUT2D eigenvalue weighted by Gasteiger charge is 2.12. The molecular formula is C14H10Cl3NO. The number of anilines is 1. The van der Waals surface area contributed by atoms with Gasteiger partial charge in [0.1, 0.15) is 0 Å². The van der Waals surface area contributed by atoms with Crippen molar-refractivity contribution in [3.8, 4) is 0 Å². The lowest BCUT2D eigenvalue weighted by Gasteiger charge is -2.10. The Hall–Kier alpha value is -1.22. The van der Waals surface area contributed by atoms with Crippen molar-refractivity contribution in [3.05, 3.63) is 62.6 Å². The number of amides is 1. The summed E-state index contributed by atoms with van der Waals surface area (Å²) in [5, 5.41) is 4.01. The molecule has 0 aromatic heterocycles. The van der Waals surface area contributed by atoms with E-state index in [0.29, 0.717) is 26.3 Å². The molecular weight excluding hydrogens is 305 g/mol. The lowest BCUT2D eigenvalue weighted by atomic mass is 10.1. The number of carbonyl (C=O) groups is 1. The Kier molecular flexibility index (Phi) is 4.35. The summed E-state index contributed by atoms with van der Waals surface area (Å²) in [5.41, 5.74) is 1.85. The van der Waals surface area contributed by atoms with Crippen molar-refractivity contribution >= 4 is 46.4 Å². The molecule has 0 aliphatic rings. The molecule has 5 heteroatoms. The predicted molar refractivity (Wildman–Crippen MR) is 80.6 cm³/mol. The van der Waals surface area contributed by atoms with Crippen molar-refractivity contribution in [3.63, 3.8) is 0 Å². The summed E-state index contributed by atoms with van der Waals surface area (Å²) in [6, 6.07) is 10.2. The molecule has 2 aromatic rings. The van der Waals surface area contributed by atoms with Crippen LogP contribution in [0.1, 0.15) is 15.9 Å². The van der Waals surface area contributed by atoms with Gasteiger partial charge in [0.25, 0.3) is 5.91 Å². The number of carbonyl (C=O) groups excluding carboxylic acids is 1. The molecule has 1 N–H and O–H groups in total. The largest absolute Gasteiger partial charge is 0.322 e. The molecule has 0 aliphatic heterocycles. The van der Waals surface area contributed by atoms with Crippen LogP contribution in [0.3, 0.4) is 0 Å². The second-order valence-corrected chi connectivity index (χ2v) is 5.24. The predicted octanol–water partition coefficient (Wildman–Crippen LogP) is 5.21. The number of benzene rings is 2. The van der Waals surface area contributed by atoms with Crippen molar-refractivity contribution in [1.29, 1.82) is 0 Å². The summed E-state index contributed by atoms with van der Waals surface area (Å²) in [5.74, 6) is -0.285. The first-order valence-corrected chi connectivity index (χ1v) is 6.64. The van der Waals surface area contributed by atoms with Crippen LogP contribution in [0.25, 0.3) is 0 Å². The third-order valence-corrected chi connectivity index (χ3v) is 3.69. The van der Waals surface area contributed by atoms with E-state index in [9.17, 15) is 4.79 Å². The van der Waals surface area contributed by atoms with E-state index in [-0.39, 0.29) is 5.91 Å². The van der Waals surface area contributed by atoms with Crippen LogP contribution in [0.2, 0.25) is 15.1 Å². The van der Waals surface area contributed by atoms with Gasteiger partial charge in [-0.1, -0.05) is 46.9 Å². The minimum Gasteiger partial charge on any atom is -0.322 e. The zero-order valence-corrected chi connectivity index (χ0v) is 12.3. The van der Waals surface area contributed by atoms with E-state index in [4.69, 9.17) is 34.8 Å². The molecule has 0 unspecified atom stereocenters. The second kappa shape index (κ2) is 5.83. The van der Waals surface area contributed by atoms with E-state index < -0.39 is 0 Å². The maximum Gasteiger partial charge on any atom is 0.257 e. The molecule has 0 bridgehead atoms. The van der Waals surface area contributed by atoms with Gasteiger partial charge in [0.2, 0.25) is 0 Å². The Morgan fingerprint density at radius 3 is 2.32 bits per heavy atom. The van der Waals surface area contributed by atoms with Crippen LogP contribution in [-0.2, 0) is 0 Å². The number of halogens is 3. The molecule has 98 valence electrons. The SMILES string of the molecule is Cc1cc(Cl)c(Cl)cc1NC(=O)c1ccccc1Cl. The first kappa shape index (κ1) is 14.2. The summed E-state index contributed by atoms with van der Waals surface area (Å²) in [6.45, 7) is 1.84. The smallest absolute Gasteiger partial charge is 0.257 e. The van der Waals surface area contributed by atoms with E-state index in [1.807, 2.05) is 6.92 Å². The minimum absolute atomic E-state index is 0.285. The molecule has 2 nitrogen and oxygen atoms in total. The molecule has 0 radical (unpaired) electrons. The zero-order chi connectivity index (χ0) is 14.0. The number of aryl methyl sites for hydroxylation is 1. The van der Waals surface area contributed by atoms with Gasteiger partial charge in [-0.2, -0.15) is 0 Å². The van der Waals surface area contributed by atoms with Crippen molar-refractivity contribution in [2.24, 2.45) is 0 Å². The Labute approximate surface area is 126 Å². The van der Waals surface area contributed by atoms with Gasteiger partial charge in [0.15, 0.2) is 0 Å². The first-order valence-electron chi connectivity index (χ1n) is 5.50. The van der Waals surface area contributed by atoms with Crippen LogP contribution in [-0.4, -0.2) is 5.91 Å². The van der Waals surface area contributed by atoms with Crippen LogP contribution in [0.4, 0.5) is 5.69 Å². The monoisotopic (exact) mass is 313 g/mol. The quantitative estimate of drug-likeness (QED) is 0.810. The van der Waals surface area contributed by atoms with Gasteiger partial charge < -0.3 is 5.32 Å². The third-order valence-electron chi connectivity index (χ3n) is 2.63. The highest BCUT2D eigenvalue weighted by molar-refractivity contribution is 6.42. The average molecular weight is 315 g/mol. The van der Waals surface area contributed by atoms with Crippen LogP contribution >= 0.6 is 34.8 Å². The highest BCUT2D eigenvalue weighted by Crippen LogP contribution is 2.29. The van der Waals surface area contributed by atoms with Crippen LogP contribution in [0.5, 0.6) is 0 Å². The molecule has 2 aromatic carbocycles. The highest BCUT2D eigenvalue weighted by atomic mass is 35.5.